The summed E-state index contributed by atoms with van der Waals surface area (Å²) in [5.41, 5.74) is -1.59. The number of Topliss-reactive ketones (excluding diaryl/α,β-unsaturated/α-hetero) is 1. The Balaban J connectivity index is 1.38. The fraction of sp³-hybridized carbons (Fsp3) is 0.889. The Bertz CT molecular complexity index is 1480. The van der Waals surface area contributed by atoms with Gasteiger partial charge in [0.1, 0.15) is 11.8 Å². The Morgan fingerprint density at radius 1 is 0.914 bits per heavy atom. The third-order valence-electron chi connectivity index (χ3n) is 15.1. The van der Waals surface area contributed by atoms with Crippen molar-refractivity contribution in [2.24, 2.45) is 41.4 Å². The molecule has 0 aromatic rings. The van der Waals surface area contributed by atoms with Gasteiger partial charge >= 0.3 is 5.97 Å². The number of aliphatic hydroxyl groups excluding tert-OH is 1. The van der Waals surface area contributed by atoms with Crippen LogP contribution in [-0.2, 0) is 33.3 Å². The molecule has 0 aromatic heterocycles. The maximum Gasteiger partial charge on any atom is 0.309 e. The SMILES string of the molecule is CCNC(=S)N[C@@H]1C=C[C@]2(O[C@H]([C@@H](CC)C(=O)[C@@H](C)[C@@H](O)[C@H](C)[C@@H]3O[C@@H]([C@@H](CC)C(=O)O)CC[C@@H]3C)[C@@H](C)C[C@H]2C)O[C@@]12CC[C@@](C)([C@H]1CC[C@](O)(CC)[C@H](C)O1)O2. The summed E-state index contributed by atoms with van der Waals surface area (Å²) in [5, 5.41) is 40.0. The van der Waals surface area contributed by atoms with E-state index in [4.69, 9.17) is 35.9 Å². The van der Waals surface area contributed by atoms with E-state index in [1.54, 1.807) is 6.92 Å². The number of rotatable bonds is 14. The van der Waals surface area contributed by atoms with Gasteiger partial charge in [0.25, 0.3) is 0 Å². The van der Waals surface area contributed by atoms with E-state index >= 15 is 0 Å². The Morgan fingerprint density at radius 3 is 2.21 bits per heavy atom. The lowest BCUT2D eigenvalue weighted by Gasteiger charge is -2.55. The van der Waals surface area contributed by atoms with Crippen LogP contribution in [0.2, 0.25) is 0 Å². The zero-order chi connectivity index (χ0) is 43.0. The third kappa shape index (κ3) is 9.22. The first-order valence-electron chi connectivity index (χ1n) is 22.5. The number of carbonyl (C=O) groups excluding carboxylic acids is 1. The van der Waals surface area contributed by atoms with E-state index in [2.05, 4.69) is 38.3 Å². The molecule has 0 unspecified atom stereocenters. The predicted molar refractivity (Wildman–Crippen MR) is 226 cm³/mol. The van der Waals surface area contributed by atoms with Gasteiger partial charge in [0.2, 0.25) is 0 Å². The van der Waals surface area contributed by atoms with Crippen molar-refractivity contribution in [2.45, 2.75) is 206 Å². The van der Waals surface area contributed by atoms with Crippen molar-refractivity contribution in [3.05, 3.63) is 12.2 Å². The van der Waals surface area contributed by atoms with Crippen LogP contribution in [0.5, 0.6) is 0 Å². The fourth-order valence-corrected chi connectivity index (χ4v) is 11.3. The van der Waals surface area contributed by atoms with Crippen LogP contribution in [0.15, 0.2) is 12.2 Å². The van der Waals surface area contributed by atoms with Gasteiger partial charge in [0.15, 0.2) is 16.7 Å². The lowest BCUT2D eigenvalue weighted by Crippen LogP contribution is -2.66. The lowest BCUT2D eigenvalue weighted by atomic mass is 9.72. The average Bonchev–Trinajstić information content (AvgIpc) is 3.52. The minimum Gasteiger partial charge on any atom is -0.481 e. The average molecular weight is 837 g/mol. The number of carbonyl (C=O) groups is 2. The number of ketones is 1. The first-order valence-corrected chi connectivity index (χ1v) is 22.9. The Labute approximate surface area is 353 Å². The van der Waals surface area contributed by atoms with E-state index in [0.29, 0.717) is 63.0 Å². The van der Waals surface area contributed by atoms with Crippen LogP contribution in [0.4, 0.5) is 0 Å². The molecule has 5 heterocycles. The van der Waals surface area contributed by atoms with Gasteiger partial charge in [-0.15, -0.1) is 0 Å². The molecule has 0 aromatic carbocycles. The highest BCUT2D eigenvalue weighted by Crippen LogP contribution is 2.54. The minimum atomic E-state index is -1.20. The molecule has 5 aliphatic rings. The molecule has 0 bridgehead atoms. The number of nitrogens with one attached hydrogen (secondary N) is 2. The molecule has 12 nitrogen and oxygen atoms in total. The summed E-state index contributed by atoms with van der Waals surface area (Å²) < 4.78 is 34.6. The second-order valence-corrected chi connectivity index (χ2v) is 19.4. The summed E-state index contributed by atoms with van der Waals surface area (Å²) >= 11 is 5.68. The molecule has 2 spiro atoms. The summed E-state index contributed by atoms with van der Waals surface area (Å²) in [5.74, 6) is -5.48. The molecule has 0 amide bonds. The van der Waals surface area contributed by atoms with Crippen LogP contribution in [0.1, 0.15) is 140 Å². The summed E-state index contributed by atoms with van der Waals surface area (Å²) in [6.45, 7) is 22.5. The van der Waals surface area contributed by atoms with Crippen molar-refractivity contribution >= 4 is 29.1 Å². The number of carboxylic acid groups (broad SMARTS) is 1. The lowest BCUT2D eigenvalue weighted by molar-refractivity contribution is -0.397. The number of aliphatic hydroxyl groups is 2. The molecule has 13 heteroatoms. The van der Waals surface area contributed by atoms with Crippen molar-refractivity contribution < 1.29 is 48.6 Å². The standard InChI is InChI=1S/C45H76N2O10S/c1-12-31(40(50)51)33-17-16-25(5)38(54-33)29(9)36(48)28(8)37(49)32(13-2)39-26(6)24-27(7)44(55-39)21-18-34(47-41(58)46-15-4)45(57-44)23-22-42(11,56-45)35-19-20-43(52,14-3)30(10)53-35/h18,21,25-36,38-39,48,52H,12-17,19-20,22-24H2,1-11H3,(H,50,51)(H2,46,47,58)/t25-,26-,27+,28-,29-,30-,31+,32-,33+,34+,35+,36+,38+,39-,42-,43+,44-,45-/m0/s1. The van der Waals surface area contributed by atoms with E-state index in [0.717, 1.165) is 12.8 Å². The highest BCUT2D eigenvalue weighted by molar-refractivity contribution is 7.80. The second kappa shape index (κ2) is 18.7. The van der Waals surface area contributed by atoms with Gasteiger partial charge in [0, 0.05) is 36.6 Å². The first-order chi connectivity index (χ1) is 27.2. The van der Waals surface area contributed by atoms with Crippen LogP contribution in [0, 0.1) is 41.4 Å². The molecule has 0 aliphatic carbocycles. The molecule has 4 saturated heterocycles. The van der Waals surface area contributed by atoms with Crippen LogP contribution >= 0.6 is 12.2 Å². The van der Waals surface area contributed by atoms with Crippen LogP contribution in [0.25, 0.3) is 0 Å². The number of ether oxygens (including phenoxy) is 5. The molecule has 5 N–H and O–H groups in total. The number of hydrogen-bond acceptors (Lipinski definition) is 10. The highest BCUT2D eigenvalue weighted by Gasteiger charge is 2.63. The fourth-order valence-electron chi connectivity index (χ4n) is 11.0. The van der Waals surface area contributed by atoms with Gasteiger partial charge in [0.05, 0.1) is 53.7 Å². The van der Waals surface area contributed by atoms with Gasteiger partial charge in [-0.25, -0.2) is 0 Å². The molecule has 0 saturated carbocycles. The number of aliphatic carboxylic acids is 1. The zero-order valence-corrected chi connectivity index (χ0v) is 37.9. The molecular formula is C45H76N2O10S. The summed E-state index contributed by atoms with van der Waals surface area (Å²) in [4.78, 5) is 26.6. The molecule has 58 heavy (non-hydrogen) atoms. The van der Waals surface area contributed by atoms with Crippen molar-refractivity contribution in [3.63, 3.8) is 0 Å². The van der Waals surface area contributed by atoms with Gasteiger partial charge < -0.3 is 49.6 Å². The number of carboxylic acids is 1. The van der Waals surface area contributed by atoms with Gasteiger partial charge in [-0.3, -0.25) is 9.59 Å². The van der Waals surface area contributed by atoms with Crippen molar-refractivity contribution in [1.29, 1.82) is 0 Å². The molecule has 18 atom stereocenters. The predicted octanol–water partition coefficient (Wildman–Crippen LogP) is 6.68. The number of thiocarbonyl (C=S) groups is 1. The van der Waals surface area contributed by atoms with Crippen LogP contribution in [0.3, 0.4) is 0 Å². The number of hydrogen-bond donors (Lipinski definition) is 5. The largest absolute Gasteiger partial charge is 0.481 e. The Morgan fingerprint density at radius 2 is 1.60 bits per heavy atom. The molecular weight excluding hydrogens is 761 g/mol. The van der Waals surface area contributed by atoms with E-state index in [1.165, 1.54) is 0 Å². The summed E-state index contributed by atoms with van der Waals surface area (Å²) in [6.07, 6.45) is 7.39. The van der Waals surface area contributed by atoms with Crippen LogP contribution in [-0.4, -0.2) is 104 Å². The van der Waals surface area contributed by atoms with E-state index in [9.17, 15) is 24.9 Å². The molecule has 332 valence electrons. The van der Waals surface area contributed by atoms with Crippen molar-refractivity contribution in [1.82, 2.24) is 10.6 Å². The molecule has 5 rings (SSSR count). The van der Waals surface area contributed by atoms with E-state index < -0.39 is 70.9 Å². The maximum absolute atomic E-state index is 14.6. The second-order valence-electron chi connectivity index (χ2n) is 19.0. The van der Waals surface area contributed by atoms with Gasteiger partial charge in [-0.1, -0.05) is 61.5 Å². The zero-order valence-electron chi connectivity index (χ0n) is 37.1. The van der Waals surface area contributed by atoms with Crippen LogP contribution < -0.4 is 10.6 Å². The normalized spacial score (nSPS) is 43.0. The molecule has 5 aliphatic heterocycles. The smallest absolute Gasteiger partial charge is 0.309 e. The topological polar surface area (TPSA) is 165 Å². The Kier molecular flexibility index (Phi) is 15.3. The maximum atomic E-state index is 14.6. The van der Waals surface area contributed by atoms with Gasteiger partial charge in [-0.2, -0.15) is 0 Å². The third-order valence-corrected chi connectivity index (χ3v) is 15.4. The van der Waals surface area contributed by atoms with E-state index in [1.807, 2.05) is 53.7 Å². The van der Waals surface area contributed by atoms with E-state index in [-0.39, 0.29) is 47.8 Å². The Hall–Kier alpha value is -1.71. The molecule has 4 fully saturated rings. The summed E-state index contributed by atoms with van der Waals surface area (Å²) in [7, 11) is 0. The minimum absolute atomic E-state index is 0.0232. The quantitative estimate of drug-likeness (QED) is 0.0931. The highest BCUT2D eigenvalue weighted by atomic mass is 32.1. The van der Waals surface area contributed by atoms with Crippen molar-refractivity contribution in [2.75, 3.05) is 6.54 Å². The summed E-state index contributed by atoms with van der Waals surface area (Å²) in [6, 6.07) is -0.443. The van der Waals surface area contributed by atoms with Crippen molar-refractivity contribution in [3.8, 4) is 0 Å². The molecule has 0 radical (unpaired) electrons. The monoisotopic (exact) mass is 837 g/mol. The van der Waals surface area contributed by atoms with Gasteiger partial charge in [-0.05, 0) is 109 Å². The first kappa shape index (κ1) is 47.3.